The van der Waals surface area contributed by atoms with Crippen LogP contribution in [0.25, 0.3) is 11.3 Å². The van der Waals surface area contributed by atoms with Crippen molar-refractivity contribution in [2.24, 2.45) is 0 Å². The minimum atomic E-state index is -0.254. The fraction of sp³-hybridized carbons (Fsp3) is 0.474. The zero-order valence-electron chi connectivity index (χ0n) is 14.6. The maximum absolute atomic E-state index is 13.5. The SMILES string of the molecule is Cc1c(-c2cccc(F)c2)nnc(C(C)(C)C)c1C(C)(C)C. The van der Waals surface area contributed by atoms with Crippen molar-refractivity contribution in [1.29, 1.82) is 0 Å². The van der Waals surface area contributed by atoms with Crippen LogP contribution in [-0.2, 0) is 10.8 Å². The van der Waals surface area contributed by atoms with Gasteiger partial charge in [0.15, 0.2) is 0 Å². The van der Waals surface area contributed by atoms with Gasteiger partial charge >= 0.3 is 0 Å². The van der Waals surface area contributed by atoms with Crippen LogP contribution in [-0.4, -0.2) is 10.2 Å². The van der Waals surface area contributed by atoms with Gasteiger partial charge in [-0.2, -0.15) is 5.10 Å². The van der Waals surface area contributed by atoms with Gasteiger partial charge in [0.05, 0.1) is 11.4 Å². The molecule has 0 aliphatic carbocycles. The van der Waals surface area contributed by atoms with Crippen LogP contribution in [0.4, 0.5) is 4.39 Å². The largest absolute Gasteiger partial charge is 0.207 e. The van der Waals surface area contributed by atoms with Crippen molar-refractivity contribution >= 4 is 0 Å². The molecular weight excluding hydrogens is 275 g/mol. The van der Waals surface area contributed by atoms with Crippen molar-refractivity contribution in [1.82, 2.24) is 10.2 Å². The van der Waals surface area contributed by atoms with Gasteiger partial charge < -0.3 is 0 Å². The molecule has 0 atom stereocenters. The molecule has 0 aliphatic heterocycles. The maximum atomic E-state index is 13.5. The number of rotatable bonds is 1. The Morgan fingerprint density at radius 2 is 1.55 bits per heavy atom. The molecule has 0 spiro atoms. The minimum absolute atomic E-state index is 0.0509. The first-order chi connectivity index (χ1) is 10.0. The Bertz CT molecular complexity index is 692. The molecular formula is C19H25FN2. The lowest BCUT2D eigenvalue weighted by Crippen LogP contribution is -2.26. The van der Waals surface area contributed by atoms with Crippen LogP contribution in [0.15, 0.2) is 24.3 Å². The quantitative estimate of drug-likeness (QED) is 0.724. The first kappa shape index (κ1) is 16.6. The molecule has 22 heavy (non-hydrogen) atoms. The van der Waals surface area contributed by atoms with Crippen molar-refractivity contribution < 1.29 is 4.39 Å². The van der Waals surface area contributed by atoms with Crippen LogP contribution < -0.4 is 0 Å². The highest BCUT2D eigenvalue weighted by Gasteiger charge is 2.30. The summed E-state index contributed by atoms with van der Waals surface area (Å²) in [7, 11) is 0. The van der Waals surface area contributed by atoms with Crippen molar-refractivity contribution in [2.45, 2.75) is 59.3 Å². The molecule has 2 rings (SSSR count). The summed E-state index contributed by atoms with van der Waals surface area (Å²) in [5.41, 5.74) is 4.70. The van der Waals surface area contributed by atoms with Gasteiger partial charge in [0, 0.05) is 11.0 Å². The van der Waals surface area contributed by atoms with Gasteiger partial charge in [-0.05, 0) is 35.6 Å². The van der Waals surface area contributed by atoms with Crippen molar-refractivity contribution in [3.8, 4) is 11.3 Å². The normalized spacial score (nSPS) is 12.5. The van der Waals surface area contributed by atoms with E-state index in [1.807, 2.05) is 6.07 Å². The van der Waals surface area contributed by atoms with Crippen molar-refractivity contribution in [3.63, 3.8) is 0 Å². The molecule has 0 fully saturated rings. The highest BCUT2D eigenvalue weighted by atomic mass is 19.1. The van der Waals surface area contributed by atoms with E-state index >= 15 is 0 Å². The van der Waals surface area contributed by atoms with Gasteiger partial charge in [0.2, 0.25) is 0 Å². The van der Waals surface area contributed by atoms with E-state index in [4.69, 9.17) is 0 Å². The zero-order chi connectivity index (χ0) is 16.7. The Morgan fingerprint density at radius 1 is 0.909 bits per heavy atom. The molecule has 0 radical (unpaired) electrons. The highest BCUT2D eigenvalue weighted by molar-refractivity contribution is 5.65. The van der Waals surface area contributed by atoms with E-state index in [9.17, 15) is 4.39 Å². The van der Waals surface area contributed by atoms with E-state index < -0.39 is 0 Å². The summed E-state index contributed by atoms with van der Waals surface area (Å²) >= 11 is 0. The third-order valence-electron chi connectivity index (χ3n) is 3.78. The molecule has 1 aromatic carbocycles. The van der Waals surface area contributed by atoms with Crippen LogP contribution in [0.3, 0.4) is 0 Å². The third kappa shape index (κ3) is 3.18. The van der Waals surface area contributed by atoms with E-state index in [2.05, 4.69) is 58.7 Å². The Labute approximate surface area is 132 Å². The molecule has 2 nitrogen and oxygen atoms in total. The fourth-order valence-electron chi connectivity index (χ4n) is 2.87. The monoisotopic (exact) mass is 300 g/mol. The van der Waals surface area contributed by atoms with Gasteiger partial charge in [-0.15, -0.1) is 5.10 Å². The lowest BCUT2D eigenvalue weighted by Gasteiger charge is -2.30. The first-order valence-electron chi connectivity index (χ1n) is 7.66. The topological polar surface area (TPSA) is 25.8 Å². The summed E-state index contributed by atoms with van der Waals surface area (Å²) in [4.78, 5) is 0. The van der Waals surface area contributed by atoms with Gasteiger partial charge in [0.25, 0.3) is 0 Å². The molecule has 118 valence electrons. The Morgan fingerprint density at radius 3 is 2.05 bits per heavy atom. The summed E-state index contributed by atoms with van der Waals surface area (Å²) in [5, 5.41) is 8.92. The van der Waals surface area contributed by atoms with Crippen LogP contribution >= 0.6 is 0 Å². The van der Waals surface area contributed by atoms with E-state index in [0.29, 0.717) is 0 Å². The molecule has 1 aromatic heterocycles. The molecule has 0 saturated carbocycles. The molecule has 1 heterocycles. The molecule has 2 aromatic rings. The number of halogens is 1. The van der Waals surface area contributed by atoms with Crippen LogP contribution in [0.1, 0.15) is 58.4 Å². The summed E-state index contributed by atoms with van der Waals surface area (Å²) in [6.07, 6.45) is 0. The van der Waals surface area contributed by atoms with Crippen LogP contribution in [0, 0.1) is 12.7 Å². The number of aromatic nitrogens is 2. The molecule has 0 amide bonds. The van der Waals surface area contributed by atoms with Gasteiger partial charge in [0.1, 0.15) is 5.82 Å². The molecule has 0 bridgehead atoms. The van der Waals surface area contributed by atoms with Crippen LogP contribution in [0.2, 0.25) is 0 Å². The molecule has 0 saturated heterocycles. The van der Waals surface area contributed by atoms with Crippen molar-refractivity contribution in [3.05, 3.63) is 46.9 Å². The second kappa shape index (κ2) is 5.45. The predicted octanol–water partition coefficient (Wildman–Crippen LogP) is 5.19. The number of benzene rings is 1. The maximum Gasteiger partial charge on any atom is 0.123 e. The number of nitrogens with zero attached hydrogens (tertiary/aromatic N) is 2. The van der Waals surface area contributed by atoms with E-state index in [0.717, 1.165) is 22.5 Å². The fourth-order valence-corrected chi connectivity index (χ4v) is 2.87. The van der Waals surface area contributed by atoms with E-state index in [1.165, 1.54) is 17.7 Å². The van der Waals surface area contributed by atoms with Gasteiger partial charge in [-0.25, -0.2) is 4.39 Å². The predicted molar refractivity (Wildman–Crippen MR) is 89.6 cm³/mol. The second-order valence-corrected chi connectivity index (χ2v) is 7.91. The average Bonchev–Trinajstić information content (AvgIpc) is 2.35. The van der Waals surface area contributed by atoms with E-state index in [1.54, 1.807) is 6.07 Å². The Hall–Kier alpha value is -1.77. The Balaban J connectivity index is 2.76. The summed E-state index contributed by atoms with van der Waals surface area (Å²) in [5.74, 6) is -0.254. The molecule has 0 aliphatic rings. The number of hydrogen-bond acceptors (Lipinski definition) is 2. The lowest BCUT2D eigenvalue weighted by molar-refractivity contribution is 0.503. The van der Waals surface area contributed by atoms with Gasteiger partial charge in [-0.1, -0.05) is 53.7 Å². The van der Waals surface area contributed by atoms with Crippen molar-refractivity contribution in [2.75, 3.05) is 0 Å². The summed E-state index contributed by atoms with van der Waals surface area (Å²) in [6, 6.07) is 6.55. The first-order valence-corrected chi connectivity index (χ1v) is 7.66. The highest BCUT2D eigenvalue weighted by Crippen LogP contribution is 2.37. The Kier molecular flexibility index (Phi) is 4.12. The average molecular weight is 300 g/mol. The second-order valence-electron chi connectivity index (χ2n) is 7.91. The smallest absolute Gasteiger partial charge is 0.123 e. The third-order valence-corrected chi connectivity index (χ3v) is 3.78. The molecule has 0 unspecified atom stereocenters. The molecule has 0 N–H and O–H groups in total. The summed E-state index contributed by atoms with van der Waals surface area (Å²) < 4.78 is 13.5. The van der Waals surface area contributed by atoms with E-state index in [-0.39, 0.29) is 16.6 Å². The lowest BCUT2D eigenvalue weighted by atomic mass is 9.76. The van der Waals surface area contributed by atoms with Crippen LogP contribution in [0.5, 0.6) is 0 Å². The zero-order valence-corrected chi connectivity index (χ0v) is 14.6. The number of hydrogen-bond donors (Lipinski definition) is 0. The minimum Gasteiger partial charge on any atom is -0.207 e. The molecule has 3 heteroatoms. The standard InChI is InChI=1S/C19H25FN2/c1-12-15(18(2,3)4)17(19(5,6)7)22-21-16(12)13-9-8-10-14(20)11-13/h8-11H,1-7H3. The summed E-state index contributed by atoms with van der Waals surface area (Å²) in [6.45, 7) is 15.0. The van der Waals surface area contributed by atoms with Gasteiger partial charge in [-0.3, -0.25) is 0 Å².